The smallest absolute Gasteiger partial charge is 0.148 e. The Kier molecular flexibility index (Phi) is 3.72. The van der Waals surface area contributed by atoms with Crippen molar-refractivity contribution in [2.24, 2.45) is 0 Å². The fourth-order valence-corrected chi connectivity index (χ4v) is 1.91. The Labute approximate surface area is 111 Å². The summed E-state index contributed by atoms with van der Waals surface area (Å²) in [4.78, 5) is 1.83. The highest BCUT2D eigenvalue weighted by atomic mass is 35.5. The summed E-state index contributed by atoms with van der Waals surface area (Å²) in [5, 5.41) is 0.695. The minimum absolute atomic E-state index is 0.313. The predicted octanol–water partition coefficient (Wildman–Crippen LogP) is 3.70. The molecule has 0 aromatic heterocycles. The number of hydrogen-bond acceptors (Lipinski definition) is 2. The van der Waals surface area contributed by atoms with E-state index < -0.39 is 0 Å². The summed E-state index contributed by atoms with van der Waals surface area (Å²) in [6.45, 7) is 0.609. The zero-order valence-electron chi connectivity index (χ0n) is 10.0. The quantitative estimate of drug-likeness (QED) is 0.857. The standard InChI is InChI=1S/C14H14ClFN2/c1-18(9-10-2-4-11(15)5-3-10)14-7-6-12(17)8-13(14)16/h2-8H,9,17H2,1H3. The highest BCUT2D eigenvalue weighted by Gasteiger charge is 2.08. The normalized spacial score (nSPS) is 10.4. The first-order valence-electron chi connectivity index (χ1n) is 5.57. The number of benzene rings is 2. The fraction of sp³-hybridized carbons (Fsp3) is 0.143. The average Bonchev–Trinajstić information content (AvgIpc) is 2.32. The third kappa shape index (κ3) is 2.93. The Bertz CT molecular complexity index is 540. The molecule has 0 saturated heterocycles. The maximum atomic E-state index is 13.7. The molecule has 0 amide bonds. The first kappa shape index (κ1) is 12.7. The van der Waals surface area contributed by atoms with Gasteiger partial charge in [0, 0.05) is 24.3 Å². The molecule has 0 heterocycles. The van der Waals surface area contributed by atoms with Crippen LogP contribution in [0, 0.1) is 5.82 Å². The highest BCUT2D eigenvalue weighted by molar-refractivity contribution is 6.30. The van der Waals surface area contributed by atoms with Gasteiger partial charge in [0.25, 0.3) is 0 Å². The van der Waals surface area contributed by atoms with E-state index in [0.717, 1.165) is 5.56 Å². The molecule has 0 atom stereocenters. The maximum absolute atomic E-state index is 13.7. The number of halogens is 2. The molecule has 0 unspecified atom stereocenters. The van der Waals surface area contributed by atoms with Gasteiger partial charge in [-0.25, -0.2) is 4.39 Å². The van der Waals surface area contributed by atoms with Crippen LogP contribution in [0.15, 0.2) is 42.5 Å². The van der Waals surface area contributed by atoms with Crippen LogP contribution >= 0.6 is 11.6 Å². The van der Waals surface area contributed by atoms with E-state index in [2.05, 4.69) is 0 Å². The minimum Gasteiger partial charge on any atom is -0.399 e. The molecule has 0 aliphatic rings. The van der Waals surface area contributed by atoms with Gasteiger partial charge in [0.1, 0.15) is 5.82 Å². The Hall–Kier alpha value is -1.74. The van der Waals surface area contributed by atoms with Crippen molar-refractivity contribution in [3.8, 4) is 0 Å². The van der Waals surface area contributed by atoms with Gasteiger partial charge in [0.05, 0.1) is 5.69 Å². The van der Waals surface area contributed by atoms with Crippen LogP contribution < -0.4 is 10.6 Å². The SMILES string of the molecule is CN(Cc1ccc(Cl)cc1)c1ccc(N)cc1F. The third-order valence-corrected chi connectivity index (χ3v) is 2.97. The largest absolute Gasteiger partial charge is 0.399 e. The van der Waals surface area contributed by atoms with Gasteiger partial charge >= 0.3 is 0 Å². The van der Waals surface area contributed by atoms with Gasteiger partial charge in [-0.1, -0.05) is 23.7 Å². The van der Waals surface area contributed by atoms with Gasteiger partial charge in [0.15, 0.2) is 0 Å². The molecule has 0 fully saturated rings. The van der Waals surface area contributed by atoms with E-state index >= 15 is 0 Å². The number of nitrogens with two attached hydrogens (primary N) is 1. The molecule has 2 nitrogen and oxygen atoms in total. The lowest BCUT2D eigenvalue weighted by atomic mass is 10.2. The van der Waals surface area contributed by atoms with Crippen LogP contribution in [0.4, 0.5) is 15.8 Å². The van der Waals surface area contributed by atoms with Gasteiger partial charge in [-0.3, -0.25) is 0 Å². The van der Waals surface area contributed by atoms with E-state index in [4.69, 9.17) is 17.3 Å². The summed E-state index contributed by atoms with van der Waals surface area (Å²) in [7, 11) is 1.84. The summed E-state index contributed by atoms with van der Waals surface area (Å²) >= 11 is 5.82. The molecule has 2 rings (SSSR count). The van der Waals surface area contributed by atoms with Gasteiger partial charge in [-0.15, -0.1) is 0 Å². The summed E-state index contributed by atoms with van der Waals surface area (Å²) in [6.07, 6.45) is 0. The van der Waals surface area contributed by atoms with Crippen LogP contribution in [-0.2, 0) is 6.54 Å². The molecule has 0 bridgehead atoms. The topological polar surface area (TPSA) is 29.3 Å². The van der Waals surface area contributed by atoms with Crippen LogP contribution in [0.1, 0.15) is 5.56 Å². The summed E-state index contributed by atoms with van der Waals surface area (Å²) in [6, 6.07) is 12.2. The zero-order chi connectivity index (χ0) is 13.1. The van der Waals surface area contributed by atoms with Gasteiger partial charge in [-0.2, -0.15) is 0 Å². The van der Waals surface area contributed by atoms with Gasteiger partial charge in [0.2, 0.25) is 0 Å². The summed E-state index contributed by atoms with van der Waals surface area (Å²) in [5.74, 6) is -0.313. The third-order valence-electron chi connectivity index (χ3n) is 2.72. The average molecular weight is 265 g/mol. The second-order valence-electron chi connectivity index (χ2n) is 4.19. The van der Waals surface area contributed by atoms with Crippen molar-refractivity contribution < 1.29 is 4.39 Å². The minimum atomic E-state index is -0.313. The number of hydrogen-bond donors (Lipinski definition) is 1. The molecule has 2 aromatic carbocycles. The van der Waals surface area contributed by atoms with E-state index in [1.54, 1.807) is 12.1 Å². The molecule has 18 heavy (non-hydrogen) atoms. The molecule has 4 heteroatoms. The molecule has 94 valence electrons. The second-order valence-corrected chi connectivity index (χ2v) is 4.63. The van der Waals surface area contributed by atoms with Crippen LogP contribution in [0.2, 0.25) is 5.02 Å². The lowest BCUT2D eigenvalue weighted by Crippen LogP contribution is -2.17. The Morgan fingerprint density at radius 2 is 1.83 bits per heavy atom. The molecule has 0 spiro atoms. The van der Waals surface area contributed by atoms with Crippen LogP contribution in [-0.4, -0.2) is 7.05 Å². The van der Waals surface area contributed by atoms with Crippen LogP contribution in [0.25, 0.3) is 0 Å². The molecule has 0 radical (unpaired) electrons. The maximum Gasteiger partial charge on any atom is 0.148 e. The van der Waals surface area contributed by atoms with Crippen molar-refractivity contribution >= 4 is 23.0 Å². The van der Waals surface area contributed by atoms with Crippen molar-refractivity contribution in [1.29, 1.82) is 0 Å². The van der Waals surface area contributed by atoms with E-state index in [0.29, 0.717) is 22.9 Å². The van der Waals surface area contributed by atoms with Crippen molar-refractivity contribution in [2.45, 2.75) is 6.54 Å². The van der Waals surface area contributed by atoms with Gasteiger partial charge in [-0.05, 0) is 35.9 Å². The Morgan fingerprint density at radius 1 is 1.17 bits per heavy atom. The number of nitrogens with zero attached hydrogens (tertiary/aromatic N) is 1. The lowest BCUT2D eigenvalue weighted by molar-refractivity contribution is 0.623. The molecule has 0 saturated carbocycles. The fourth-order valence-electron chi connectivity index (χ4n) is 1.78. The van der Waals surface area contributed by atoms with Crippen molar-refractivity contribution in [3.05, 3.63) is 58.9 Å². The predicted molar refractivity (Wildman–Crippen MR) is 74.4 cm³/mol. The van der Waals surface area contributed by atoms with E-state index in [1.807, 2.05) is 36.2 Å². The molecule has 0 aliphatic carbocycles. The van der Waals surface area contributed by atoms with Crippen molar-refractivity contribution in [3.63, 3.8) is 0 Å². The molecule has 2 N–H and O–H groups in total. The molecule has 2 aromatic rings. The van der Waals surface area contributed by atoms with Crippen LogP contribution in [0.5, 0.6) is 0 Å². The van der Waals surface area contributed by atoms with Crippen molar-refractivity contribution in [1.82, 2.24) is 0 Å². The highest BCUT2D eigenvalue weighted by Crippen LogP contribution is 2.22. The Morgan fingerprint density at radius 3 is 2.44 bits per heavy atom. The zero-order valence-corrected chi connectivity index (χ0v) is 10.8. The summed E-state index contributed by atoms with van der Waals surface area (Å²) < 4.78 is 13.7. The number of rotatable bonds is 3. The monoisotopic (exact) mass is 264 g/mol. The number of anilines is 2. The van der Waals surface area contributed by atoms with E-state index in [1.165, 1.54) is 6.07 Å². The second kappa shape index (κ2) is 5.27. The van der Waals surface area contributed by atoms with Crippen LogP contribution in [0.3, 0.4) is 0 Å². The van der Waals surface area contributed by atoms with E-state index in [-0.39, 0.29) is 5.82 Å². The van der Waals surface area contributed by atoms with E-state index in [9.17, 15) is 4.39 Å². The molecular formula is C14H14ClFN2. The number of nitrogen functional groups attached to an aromatic ring is 1. The first-order chi connectivity index (χ1) is 8.56. The van der Waals surface area contributed by atoms with Gasteiger partial charge < -0.3 is 10.6 Å². The molecular weight excluding hydrogens is 251 g/mol. The summed E-state index contributed by atoms with van der Waals surface area (Å²) in [5.41, 5.74) is 7.55. The lowest BCUT2D eigenvalue weighted by Gasteiger charge is -2.20. The first-order valence-corrected chi connectivity index (χ1v) is 5.94. The Balaban J connectivity index is 2.16. The molecule has 0 aliphatic heterocycles. The van der Waals surface area contributed by atoms with Crippen molar-refractivity contribution in [2.75, 3.05) is 17.7 Å².